The Kier molecular flexibility index (Phi) is 4.88. The first-order valence-electron chi connectivity index (χ1n) is 5.06. The maximum Gasteiger partial charge on any atom is 0.111 e. The van der Waals surface area contributed by atoms with Crippen molar-refractivity contribution in [2.45, 2.75) is 63.3 Å². The molecular formula is C10H22O6. The maximum absolute atomic E-state index is 9.52. The number of rotatable bonds is 5. The molecule has 0 saturated carbocycles. The highest BCUT2D eigenvalue weighted by molar-refractivity contribution is 4.93. The lowest BCUT2D eigenvalue weighted by Gasteiger charge is -2.36. The van der Waals surface area contributed by atoms with E-state index in [-0.39, 0.29) is 0 Å². The third-order valence-corrected chi connectivity index (χ3v) is 2.44. The molecule has 0 radical (unpaired) electrons. The van der Waals surface area contributed by atoms with Gasteiger partial charge in [0, 0.05) is 0 Å². The van der Waals surface area contributed by atoms with Crippen molar-refractivity contribution in [3.63, 3.8) is 0 Å². The summed E-state index contributed by atoms with van der Waals surface area (Å²) in [7, 11) is 0. The van der Waals surface area contributed by atoms with Crippen molar-refractivity contribution < 1.29 is 30.6 Å². The molecule has 0 rings (SSSR count). The molecule has 0 spiro atoms. The fraction of sp³-hybridized carbons (Fsp3) is 1.00. The summed E-state index contributed by atoms with van der Waals surface area (Å²) in [5.74, 6) is 0. The van der Waals surface area contributed by atoms with E-state index >= 15 is 0 Å². The van der Waals surface area contributed by atoms with Gasteiger partial charge in [-0.2, -0.15) is 0 Å². The molecule has 4 atom stereocenters. The summed E-state index contributed by atoms with van der Waals surface area (Å²) in [4.78, 5) is 0. The van der Waals surface area contributed by atoms with E-state index < -0.39 is 35.6 Å². The van der Waals surface area contributed by atoms with Crippen LogP contribution in [-0.2, 0) is 0 Å². The number of aliphatic hydroxyl groups is 6. The average molecular weight is 238 g/mol. The van der Waals surface area contributed by atoms with Crippen molar-refractivity contribution in [1.29, 1.82) is 0 Å². The second kappa shape index (κ2) is 4.95. The lowest BCUT2D eigenvalue weighted by Crippen LogP contribution is -2.57. The van der Waals surface area contributed by atoms with Crippen LogP contribution in [0, 0.1) is 0 Å². The van der Waals surface area contributed by atoms with Crippen molar-refractivity contribution >= 4 is 0 Å². The average Bonchev–Trinajstić information content (AvgIpc) is 2.10. The first-order valence-corrected chi connectivity index (χ1v) is 5.06. The van der Waals surface area contributed by atoms with Crippen molar-refractivity contribution in [1.82, 2.24) is 0 Å². The Bertz CT molecular complexity index is 192. The molecule has 0 aromatic rings. The van der Waals surface area contributed by atoms with Crippen LogP contribution in [0.4, 0.5) is 0 Å². The molecule has 0 amide bonds. The Hall–Kier alpha value is -0.240. The van der Waals surface area contributed by atoms with Gasteiger partial charge in [-0.1, -0.05) is 0 Å². The van der Waals surface area contributed by atoms with Gasteiger partial charge in [-0.3, -0.25) is 0 Å². The predicted octanol–water partition coefficient (Wildman–Crippen LogP) is -2.03. The molecule has 0 aromatic carbocycles. The van der Waals surface area contributed by atoms with Gasteiger partial charge in [-0.05, 0) is 27.7 Å². The summed E-state index contributed by atoms with van der Waals surface area (Å²) < 4.78 is 0. The summed E-state index contributed by atoms with van der Waals surface area (Å²) in [5.41, 5.74) is -3.25. The molecule has 0 aromatic heterocycles. The number of hydrogen-bond donors (Lipinski definition) is 6. The topological polar surface area (TPSA) is 121 Å². The van der Waals surface area contributed by atoms with E-state index in [2.05, 4.69) is 0 Å². The zero-order chi connectivity index (χ0) is 13.3. The summed E-state index contributed by atoms with van der Waals surface area (Å²) in [5, 5.41) is 56.9. The van der Waals surface area contributed by atoms with E-state index in [4.69, 9.17) is 0 Å². The highest BCUT2D eigenvalue weighted by Gasteiger charge is 2.42. The quantitative estimate of drug-likeness (QED) is 0.328. The molecule has 0 aliphatic carbocycles. The van der Waals surface area contributed by atoms with Gasteiger partial charge >= 0.3 is 0 Å². The molecule has 0 unspecified atom stereocenters. The smallest absolute Gasteiger partial charge is 0.111 e. The summed E-state index contributed by atoms with van der Waals surface area (Å²) in [6, 6.07) is 0. The highest BCUT2D eigenvalue weighted by Crippen LogP contribution is 2.20. The highest BCUT2D eigenvalue weighted by atomic mass is 16.4. The Balaban J connectivity index is 4.68. The Morgan fingerprint density at radius 2 is 0.812 bits per heavy atom. The van der Waals surface area contributed by atoms with E-state index in [9.17, 15) is 30.6 Å². The molecule has 6 N–H and O–H groups in total. The van der Waals surface area contributed by atoms with E-state index in [0.717, 1.165) is 0 Å². The Morgan fingerprint density at radius 1 is 0.625 bits per heavy atom. The van der Waals surface area contributed by atoms with Crippen LogP contribution in [0.15, 0.2) is 0 Å². The van der Waals surface area contributed by atoms with Gasteiger partial charge in [0.05, 0.1) is 11.2 Å². The summed E-state index contributed by atoms with van der Waals surface area (Å²) in [6.07, 6.45) is -6.80. The third kappa shape index (κ3) is 3.97. The molecule has 0 heterocycles. The molecule has 0 saturated heterocycles. The van der Waals surface area contributed by atoms with Crippen LogP contribution in [0.5, 0.6) is 0 Å². The van der Waals surface area contributed by atoms with Crippen LogP contribution in [-0.4, -0.2) is 66.3 Å². The number of aliphatic hydroxyl groups excluding tert-OH is 4. The second-order valence-electron chi connectivity index (χ2n) is 5.18. The molecule has 0 bridgehead atoms. The van der Waals surface area contributed by atoms with E-state index in [0.29, 0.717) is 0 Å². The van der Waals surface area contributed by atoms with E-state index in [1.807, 2.05) is 0 Å². The summed E-state index contributed by atoms with van der Waals surface area (Å²) >= 11 is 0. The monoisotopic (exact) mass is 238 g/mol. The molecule has 6 nitrogen and oxygen atoms in total. The second-order valence-corrected chi connectivity index (χ2v) is 5.18. The lowest BCUT2D eigenvalue weighted by atomic mass is 9.87. The molecule has 6 heteroatoms. The van der Waals surface area contributed by atoms with Crippen LogP contribution >= 0.6 is 0 Å². The van der Waals surface area contributed by atoms with Crippen LogP contribution in [0.1, 0.15) is 27.7 Å². The molecule has 0 aliphatic heterocycles. The van der Waals surface area contributed by atoms with E-state index in [1.54, 1.807) is 0 Å². The SMILES string of the molecule is CC(C)(O)[C@H](O)[C@@H](O)[C@H](O)[C@H](O)C(C)(C)O. The minimum atomic E-state index is -1.76. The van der Waals surface area contributed by atoms with Crippen molar-refractivity contribution in [2.24, 2.45) is 0 Å². The predicted molar refractivity (Wildman–Crippen MR) is 56.6 cm³/mol. The fourth-order valence-corrected chi connectivity index (χ4v) is 1.21. The Morgan fingerprint density at radius 3 is 0.938 bits per heavy atom. The third-order valence-electron chi connectivity index (χ3n) is 2.44. The summed E-state index contributed by atoms with van der Waals surface area (Å²) in [6.45, 7) is 5.02. The van der Waals surface area contributed by atoms with Gasteiger partial charge in [-0.25, -0.2) is 0 Å². The van der Waals surface area contributed by atoms with Crippen molar-refractivity contribution in [2.75, 3.05) is 0 Å². The van der Waals surface area contributed by atoms with Crippen LogP contribution in [0.2, 0.25) is 0 Å². The standard InChI is InChI=1S/C10H22O6/c1-9(2,15)7(13)5(11)6(12)8(14)10(3,4)16/h5-8,11-16H,1-4H3/t5-,6-,7-,8+/m0/s1. The van der Waals surface area contributed by atoms with Gasteiger partial charge in [0.25, 0.3) is 0 Å². The zero-order valence-electron chi connectivity index (χ0n) is 9.99. The van der Waals surface area contributed by atoms with Crippen LogP contribution in [0.25, 0.3) is 0 Å². The minimum Gasteiger partial charge on any atom is -0.388 e. The van der Waals surface area contributed by atoms with Gasteiger partial charge < -0.3 is 30.6 Å². The minimum absolute atomic E-state index is 1.25. The maximum atomic E-state index is 9.52. The van der Waals surface area contributed by atoms with E-state index in [1.165, 1.54) is 27.7 Å². The molecule has 98 valence electrons. The first kappa shape index (κ1) is 15.8. The van der Waals surface area contributed by atoms with Gasteiger partial charge in [0.15, 0.2) is 0 Å². The molecular weight excluding hydrogens is 216 g/mol. The normalized spacial score (nSPS) is 21.4. The largest absolute Gasteiger partial charge is 0.388 e. The molecule has 0 aliphatic rings. The molecule has 0 fully saturated rings. The van der Waals surface area contributed by atoms with Crippen molar-refractivity contribution in [3.05, 3.63) is 0 Å². The Labute approximate surface area is 94.8 Å². The first-order chi connectivity index (χ1) is 6.89. The number of hydrogen-bond acceptors (Lipinski definition) is 6. The lowest BCUT2D eigenvalue weighted by molar-refractivity contribution is -0.185. The zero-order valence-corrected chi connectivity index (χ0v) is 9.99. The van der Waals surface area contributed by atoms with Crippen molar-refractivity contribution in [3.8, 4) is 0 Å². The van der Waals surface area contributed by atoms with Gasteiger partial charge in [0.2, 0.25) is 0 Å². The fourth-order valence-electron chi connectivity index (χ4n) is 1.21. The molecule has 16 heavy (non-hydrogen) atoms. The van der Waals surface area contributed by atoms with Crippen LogP contribution < -0.4 is 0 Å². The van der Waals surface area contributed by atoms with Crippen LogP contribution in [0.3, 0.4) is 0 Å². The van der Waals surface area contributed by atoms with Gasteiger partial charge in [-0.15, -0.1) is 0 Å². The van der Waals surface area contributed by atoms with Gasteiger partial charge in [0.1, 0.15) is 24.4 Å².